The predicted octanol–water partition coefficient (Wildman–Crippen LogP) is -0.00920. The molecule has 1 aromatic carbocycles. The fourth-order valence-electron chi connectivity index (χ4n) is 2.36. The molecule has 3 aromatic rings. The van der Waals surface area contributed by atoms with Crippen LogP contribution in [0.1, 0.15) is 5.56 Å². The molecule has 0 spiro atoms. The number of hydrogen-bond acceptors (Lipinski definition) is 4. The monoisotopic (exact) mass is 326 g/mol. The van der Waals surface area contributed by atoms with Gasteiger partial charge in [0, 0.05) is 51.3 Å². The summed E-state index contributed by atoms with van der Waals surface area (Å²) in [5.74, 6) is 0.187. The molecule has 2 aromatic heterocycles. The van der Waals surface area contributed by atoms with E-state index in [1.807, 2.05) is 6.07 Å². The molecule has 0 atom stereocenters. The van der Waals surface area contributed by atoms with Crippen LogP contribution in [0.3, 0.4) is 0 Å². The largest absolute Gasteiger partial charge is 0.508 e. The third-order valence-corrected chi connectivity index (χ3v) is 3.45. The average Bonchev–Trinajstić information content (AvgIpc) is 2.83. The van der Waals surface area contributed by atoms with Gasteiger partial charge in [-0.05, 0) is 18.1 Å². The zero-order valence-corrected chi connectivity index (χ0v) is 14.3. The van der Waals surface area contributed by atoms with E-state index in [0.717, 1.165) is 5.56 Å². The Morgan fingerprint density at radius 1 is 1.27 bits per heavy atom. The van der Waals surface area contributed by atoms with Crippen molar-refractivity contribution >= 4 is 48.9 Å². The van der Waals surface area contributed by atoms with Gasteiger partial charge in [0.15, 0.2) is 11.2 Å². The molecule has 0 aliphatic heterocycles. The summed E-state index contributed by atoms with van der Waals surface area (Å²) in [4.78, 5) is 30.2. The molecule has 0 fully saturated rings. The van der Waals surface area contributed by atoms with Crippen LogP contribution in [0.15, 0.2) is 40.2 Å². The molecule has 7 nitrogen and oxygen atoms in total. The van der Waals surface area contributed by atoms with Crippen LogP contribution in [0, 0.1) is 0 Å². The summed E-state index contributed by atoms with van der Waals surface area (Å²) in [6, 6.07) is 6.95. The first kappa shape index (κ1) is 16.8. The molecule has 0 saturated heterocycles. The Balaban J connectivity index is 0.00000176. The maximum atomic E-state index is 12.0. The fraction of sp³-hybridized carbons (Fsp3) is 0.214. The van der Waals surface area contributed by atoms with Crippen molar-refractivity contribution in [2.75, 3.05) is 0 Å². The average molecular weight is 326 g/mol. The number of phenols is 1. The second kappa shape index (κ2) is 6.68. The van der Waals surface area contributed by atoms with E-state index < -0.39 is 11.2 Å². The van der Waals surface area contributed by atoms with Crippen molar-refractivity contribution in [3.05, 3.63) is 57.0 Å². The number of phenolic OH excluding ortho intramolecular Hbond substituents is 1. The van der Waals surface area contributed by atoms with E-state index in [0.29, 0.717) is 24.1 Å². The summed E-state index contributed by atoms with van der Waals surface area (Å²) in [6.45, 7) is 0.320. The van der Waals surface area contributed by atoms with Crippen molar-refractivity contribution in [1.29, 1.82) is 0 Å². The Morgan fingerprint density at radius 2 is 2.00 bits per heavy atom. The van der Waals surface area contributed by atoms with E-state index in [1.165, 1.54) is 10.9 Å². The van der Waals surface area contributed by atoms with Crippen molar-refractivity contribution < 1.29 is 5.11 Å². The molecule has 0 amide bonds. The zero-order valence-electron chi connectivity index (χ0n) is 12.1. The number of rotatable bonds is 3. The normalized spacial score (nSPS) is 10.6. The minimum Gasteiger partial charge on any atom is -0.508 e. The van der Waals surface area contributed by atoms with Crippen LogP contribution < -0.4 is 11.2 Å². The molecule has 0 saturated carbocycles. The minimum atomic E-state index is -0.498. The molecule has 8 heteroatoms. The Hall–Kier alpha value is -1.57. The first-order valence-electron chi connectivity index (χ1n) is 6.49. The third kappa shape index (κ3) is 2.97. The number of aromatic nitrogens is 4. The van der Waals surface area contributed by atoms with Crippen LogP contribution >= 0.6 is 0 Å². The molecule has 2 N–H and O–H groups in total. The Kier molecular flexibility index (Phi) is 5.10. The van der Waals surface area contributed by atoms with Gasteiger partial charge in [0.05, 0.1) is 6.33 Å². The van der Waals surface area contributed by atoms with E-state index >= 15 is 0 Å². The number of aromatic amines is 1. The van der Waals surface area contributed by atoms with Gasteiger partial charge in [-0.15, -0.1) is 0 Å². The molecule has 0 unspecified atom stereocenters. The molecular weight excluding hydrogens is 312 g/mol. The van der Waals surface area contributed by atoms with E-state index in [1.54, 1.807) is 29.8 Å². The van der Waals surface area contributed by atoms with E-state index in [-0.39, 0.29) is 43.5 Å². The number of fused-ring (bicyclic) bond motifs is 1. The maximum absolute atomic E-state index is 12.0. The Labute approximate surface area is 155 Å². The van der Waals surface area contributed by atoms with Crippen molar-refractivity contribution in [2.45, 2.75) is 13.0 Å². The van der Waals surface area contributed by atoms with Crippen LogP contribution in [-0.4, -0.2) is 61.9 Å². The number of imidazole rings is 1. The number of benzene rings is 1. The molecule has 110 valence electrons. The molecule has 2 radical (unpaired) electrons. The number of nitrogens with zero attached hydrogens (tertiary/aromatic N) is 3. The van der Waals surface area contributed by atoms with Crippen molar-refractivity contribution in [3.8, 4) is 5.75 Å². The number of nitrogens with one attached hydrogen (secondary N) is 1. The van der Waals surface area contributed by atoms with Gasteiger partial charge in [0.1, 0.15) is 5.75 Å². The standard InChI is InChI=1S/C14H14N4O3.Ca/c1-17-8-15-12-11(17)13(20)16-14(21)18(12)7-6-9-4-2-3-5-10(9)19;/h2-5,8,19H,6-7H2,1H3,(H,16,20,21);. The van der Waals surface area contributed by atoms with E-state index in [4.69, 9.17) is 0 Å². The van der Waals surface area contributed by atoms with Crippen LogP contribution in [0.5, 0.6) is 5.75 Å². The predicted molar refractivity (Wildman–Crippen MR) is 83.2 cm³/mol. The van der Waals surface area contributed by atoms with Gasteiger partial charge in [-0.3, -0.25) is 14.3 Å². The van der Waals surface area contributed by atoms with Crippen LogP contribution in [0.4, 0.5) is 0 Å². The molecule has 22 heavy (non-hydrogen) atoms. The van der Waals surface area contributed by atoms with Crippen molar-refractivity contribution in [2.24, 2.45) is 7.05 Å². The second-order valence-electron chi connectivity index (χ2n) is 4.82. The van der Waals surface area contributed by atoms with Gasteiger partial charge in [0.2, 0.25) is 0 Å². The molecule has 2 heterocycles. The van der Waals surface area contributed by atoms with Gasteiger partial charge in [-0.1, -0.05) is 18.2 Å². The quantitative estimate of drug-likeness (QED) is 0.662. The molecule has 0 aliphatic rings. The smallest absolute Gasteiger partial charge is 0.330 e. The molecular formula is C14H14CaN4O3. The molecule has 0 aliphatic carbocycles. The van der Waals surface area contributed by atoms with Crippen molar-refractivity contribution in [3.63, 3.8) is 0 Å². The van der Waals surface area contributed by atoms with E-state index in [2.05, 4.69) is 9.97 Å². The van der Waals surface area contributed by atoms with Crippen LogP contribution in [0.2, 0.25) is 0 Å². The first-order valence-corrected chi connectivity index (χ1v) is 6.49. The number of aryl methyl sites for hydroxylation is 3. The third-order valence-electron chi connectivity index (χ3n) is 3.45. The van der Waals surface area contributed by atoms with Gasteiger partial charge < -0.3 is 9.67 Å². The summed E-state index contributed by atoms with van der Waals surface area (Å²) in [5, 5.41) is 9.75. The van der Waals surface area contributed by atoms with Crippen LogP contribution in [0.25, 0.3) is 11.2 Å². The number of H-pyrrole nitrogens is 1. The van der Waals surface area contributed by atoms with Gasteiger partial charge in [-0.25, -0.2) is 9.78 Å². The summed E-state index contributed by atoms with van der Waals surface area (Å²) in [6.07, 6.45) is 1.96. The SMILES string of the molecule is Cn1cnc2c1c(=O)[nH]c(=O)n2CCc1ccccc1O.[Ca]. The Bertz CT molecular complexity index is 926. The summed E-state index contributed by atoms with van der Waals surface area (Å²) < 4.78 is 2.98. The summed E-state index contributed by atoms with van der Waals surface area (Å²) in [5.41, 5.74) is 0.490. The number of para-hydroxylation sites is 1. The van der Waals surface area contributed by atoms with Gasteiger partial charge >= 0.3 is 5.69 Å². The van der Waals surface area contributed by atoms with Crippen LogP contribution in [-0.2, 0) is 20.0 Å². The molecule has 3 rings (SSSR count). The van der Waals surface area contributed by atoms with Crippen molar-refractivity contribution in [1.82, 2.24) is 19.1 Å². The van der Waals surface area contributed by atoms with Gasteiger partial charge in [-0.2, -0.15) is 0 Å². The topological polar surface area (TPSA) is 92.9 Å². The number of hydrogen-bond donors (Lipinski definition) is 2. The number of aromatic hydroxyl groups is 1. The fourth-order valence-corrected chi connectivity index (χ4v) is 2.36. The summed E-state index contributed by atoms with van der Waals surface area (Å²) >= 11 is 0. The first-order chi connectivity index (χ1) is 10.1. The summed E-state index contributed by atoms with van der Waals surface area (Å²) in [7, 11) is 1.70. The van der Waals surface area contributed by atoms with Gasteiger partial charge in [0.25, 0.3) is 5.56 Å². The zero-order chi connectivity index (χ0) is 15.0. The minimum absolute atomic E-state index is 0. The maximum Gasteiger partial charge on any atom is 0.330 e. The van der Waals surface area contributed by atoms with E-state index in [9.17, 15) is 14.7 Å². The molecule has 0 bridgehead atoms. The Morgan fingerprint density at radius 3 is 2.73 bits per heavy atom. The second-order valence-corrected chi connectivity index (χ2v) is 4.82.